The number of hydrogen-bond acceptors (Lipinski definition) is 7. The van der Waals surface area contributed by atoms with Crippen molar-refractivity contribution in [2.24, 2.45) is 0 Å². The molecule has 2 aromatic rings. The molecule has 1 unspecified atom stereocenters. The van der Waals surface area contributed by atoms with E-state index in [2.05, 4.69) is 17.1 Å². The number of fused-ring (bicyclic) bond motifs is 1. The van der Waals surface area contributed by atoms with Crippen molar-refractivity contribution in [3.63, 3.8) is 0 Å². The smallest absolute Gasteiger partial charge is 0.223 e. The van der Waals surface area contributed by atoms with Crippen LogP contribution in [0.4, 0.5) is 0 Å². The van der Waals surface area contributed by atoms with Crippen LogP contribution < -0.4 is 24.3 Å². The summed E-state index contributed by atoms with van der Waals surface area (Å²) in [6.07, 6.45) is 1.55. The van der Waals surface area contributed by atoms with Gasteiger partial charge in [0.25, 0.3) is 0 Å². The Morgan fingerprint density at radius 3 is 2.59 bits per heavy atom. The molecular weight excluding hydrogens is 436 g/mol. The lowest BCUT2D eigenvalue weighted by atomic mass is 10.0. The van der Waals surface area contributed by atoms with Crippen molar-refractivity contribution < 1.29 is 28.8 Å². The van der Waals surface area contributed by atoms with Gasteiger partial charge in [-0.25, -0.2) is 0 Å². The van der Waals surface area contributed by atoms with Crippen molar-refractivity contribution in [3.05, 3.63) is 48.0 Å². The first-order valence-electron chi connectivity index (χ1n) is 11.9. The lowest BCUT2D eigenvalue weighted by molar-refractivity contribution is -0.123. The predicted octanol–water partition coefficient (Wildman–Crippen LogP) is 2.94. The number of benzene rings is 2. The number of methoxy groups -OCH3 is 1. The van der Waals surface area contributed by atoms with Crippen LogP contribution in [0.5, 0.6) is 23.0 Å². The number of nitrogens with one attached hydrogen (secondary N) is 1. The summed E-state index contributed by atoms with van der Waals surface area (Å²) in [4.78, 5) is 15.1. The molecule has 2 aliphatic rings. The topological polar surface area (TPSA) is 89.5 Å². The van der Waals surface area contributed by atoms with E-state index in [1.54, 1.807) is 25.3 Å². The Morgan fingerprint density at radius 2 is 1.88 bits per heavy atom. The van der Waals surface area contributed by atoms with Crippen LogP contribution in [-0.4, -0.2) is 68.0 Å². The highest BCUT2D eigenvalue weighted by Crippen LogP contribution is 2.33. The molecule has 2 aliphatic heterocycles. The van der Waals surface area contributed by atoms with Gasteiger partial charge in [-0.3, -0.25) is 9.69 Å². The van der Waals surface area contributed by atoms with Crippen LogP contribution in [0.15, 0.2) is 42.5 Å². The van der Waals surface area contributed by atoms with Crippen molar-refractivity contribution in [2.75, 3.05) is 40.0 Å². The number of ether oxygens (including phenoxy) is 4. The van der Waals surface area contributed by atoms with Gasteiger partial charge in [-0.05, 0) is 68.3 Å². The molecule has 0 aliphatic carbocycles. The zero-order chi connectivity index (χ0) is 23.9. The van der Waals surface area contributed by atoms with Gasteiger partial charge in [0.05, 0.1) is 26.2 Å². The van der Waals surface area contributed by atoms with Crippen molar-refractivity contribution in [2.45, 2.75) is 44.4 Å². The molecule has 0 radical (unpaired) electrons. The molecule has 4 rings (SSSR count). The molecule has 3 atom stereocenters. The van der Waals surface area contributed by atoms with Gasteiger partial charge < -0.3 is 29.4 Å². The van der Waals surface area contributed by atoms with Crippen LogP contribution in [0.3, 0.4) is 0 Å². The van der Waals surface area contributed by atoms with E-state index in [4.69, 9.17) is 18.9 Å². The van der Waals surface area contributed by atoms with E-state index in [1.165, 1.54) is 0 Å². The number of hydrogen-bond donors (Lipinski definition) is 2. The van der Waals surface area contributed by atoms with Gasteiger partial charge in [0.2, 0.25) is 5.91 Å². The van der Waals surface area contributed by atoms with Crippen LogP contribution in [0.25, 0.3) is 0 Å². The van der Waals surface area contributed by atoms with Gasteiger partial charge >= 0.3 is 0 Å². The molecule has 1 fully saturated rings. The summed E-state index contributed by atoms with van der Waals surface area (Å²) in [5, 5.41) is 14.3. The zero-order valence-electron chi connectivity index (χ0n) is 19.9. The minimum Gasteiger partial charge on any atom is -0.497 e. The second kappa shape index (κ2) is 11.4. The Bertz CT molecular complexity index is 951. The highest BCUT2D eigenvalue weighted by atomic mass is 16.6. The molecule has 0 aromatic heterocycles. The predicted molar refractivity (Wildman–Crippen MR) is 128 cm³/mol. The molecule has 0 bridgehead atoms. The van der Waals surface area contributed by atoms with Crippen molar-refractivity contribution in [1.29, 1.82) is 0 Å². The number of nitrogens with zero attached hydrogens (tertiary/aromatic N) is 1. The summed E-state index contributed by atoms with van der Waals surface area (Å²) in [6.45, 7) is 4.95. The van der Waals surface area contributed by atoms with Crippen LogP contribution >= 0.6 is 0 Å². The van der Waals surface area contributed by atoms with E-state index in [9.17, 15) is 9.90 Å². The quantitative estimate of drug-likeness (QED) is 0.552. The van der Waals surface area contributed by atoms with E-state index in [1.807, 2.05) is 24.3 Å². The highest BCUT2D eigenvalue weighted by molar-refractivity contribution is 5.76. The molecule has 8 heteroatoms. The number of aliphatic hydroxyl groups excluding tert-OH is 1. The molecule has 184 valence electrons. The molecule has 0 saturated carbocycles. The van der Waals surface area contributed by atoms with Gasteiger partial charge in [0, 0.05) is 12.6 Å². The third-order valence-corrected chi connectivity index (χ3v) is 6.41. The molecular formula is C26H34N2O6. The second-order valence-corrected chi connectivity index (χ2v) is 8.78. The summed E-state index contributed by atoms with van der Waals surface area (Å²) in [7, 11) is 1.61. The number of carbonyl (C=O) groups excluding carboxylic acids is 1. The van der Waals surface area contributed by atoms with Crippen LogP contribution in [0.1, 0.15) is 37.9 Å². The number of amides is 1. The van der Waals surface area contributed by atoms with Crippen molar-refractivity contribution in [3.8, 4) is 23.0 Å². The number of rotatable bonds is 10. The van der Waals surface area contributed by atoms with E-state index >= 15 is 0 Å². The summed E-state index contributed by atoms with van der Waals surface area (Å²) >= 11 is 0. The Morgan fingerprint density at radius 1 is 1.15 bits per heavy atom. The fraction of sp³-hybridized carbons (Fsp3) is 0.500. The van der Waals surface area contributed by atoms with Gasteiger partial charge in [-0.15, -0.1) is 0 Å². The summed E-state index contributed by atoms with van der Waals surface area (Å²) < 4.78 is 22.1. The van der Waals surface area contributed by atoms with E-state index in [-0.39, 0.29) is 18.9 Å². The minimum atomic E-state index is -0.880. The number of aliphatic hydroxyl groups is 1. The van der Waals surface area contributed by atoms with Gasteiger partial charge in [0.15, 0.2) is 11.5 Å². The monoisotopic (exact) mass is 470 g/mol. The van der Waals surface area contributed by atoms with Crippen LogP contribution in [0.2, 0.25) is 0 Å². The van der Waals surface area contributed by atoms with Gasteiger partial charge in [-0.1, -0.05) is 6.07 Å². The van der Waals surface area contributed by atoms with E-state index < -0.39 is 12.1 Å². The lowest BCUT2D eigenvalue weighted by Crippen LogP contribution is -2.48. The number of carbonyl (C=O) groups is 1. The summed E-state index contributed by atoms with van der Waals surface area (Å²) in [5.41, 5.74) is 0.691. The Kier molecular flexibility index (Phi) is 8.13. The first-order chi connectivity index (χ1) is 16.5. The molecule has 1 saturated heterocycles. The molecule has 2 aromatic carbocycles. The Labute approximate surface area is 200 Å². The third kappa shape index (κ3) is 6.12. The molecule has 1 amide bonds. The standard InChI is InChI=1S/C26H34N2O6/c1-18-4-3-12-28(18)17-22(26(30)19-5-10-23-24(16-19)34-15-14-33-23)27-25(29)11-13-32-21-8-6-20(31-2)7-9-21/h5-10,16,18,22,26,30H,3-4,11-15,17H2,1-2H3,(H,27,29)/t18?,22-,26+/m1/s1. The average Bonchev–Trinajstić information content (AvgIpc) is 3.27. The lowest BCUT2D eigenvalue weighted by Gasteiger charge is -2.31. The molecule has 34 heavy (non-hydrogen) atoms. The maximum absolute atomic E-state index is 12.8. The van der Waals surface area contributed by atoms with Crippen molar-refractivity contribution in [1.82, 2.24) is 10.2 Å². The van der Waals surface area contributed by atoms with E-state index in [0.717, 1.165) is 25.1 Å². The Hall–Kier alpha value is -2.97. The molecule has 2 N–H and O–H groups in total. The molecule has 8 nitrogen and oxygen atoms in total. The zero-order valence-corrected chi connectivity index (χ0v) is 19.9. The first kappa shape index (κ1) is 24.2. The maximum Gasteiger partial charge on any atom is 0.223 e. The minimum absolute atomic E-state index is 0.165. The third-order valence-electron chi connectivity index (χ3n) is 6.41. The van der Waals surface area contributed by atoms with Crippen LogP contribution in [0, 0.1) is 0 Å². The van der Waals surface area contributed by atoms with Gasteiger partial charge in [0.1, 0.15) is 30.8 Å². The number of likely N-dealkylation sites (tertiary alicyclic amines) is 1. The molecule has 2 heterocycles. The van der Waals surface area contributed by atoms with E-state index in [0.29, 0.717) is 48.6 Å². The maximum atomic E-state index is 12.8. The molecule has 0 spiro atoms. The normalized spacial score (nSPS) is 19.3. The van der Waals surface area contributed by atoms with Gasteiger partial charge in [-0.2, -0.15) is 0 Å². The summed E-state index contributed by atoms with van der Waals surface area (Å²) in [6, 6.07) is 12.6. The van der Waals surface area contributed by atoms with Crippen LogP contribution in [-0.2, 0) is 4.79 Å². The van der Waals surface area contributed by atoms with Crippen molar-refractivity contribution >= 4 is 5.91 Å². The largest absolute Gasteiger partial charge is 0.497 e. The average molecular weight is 471 g/mol. The summed E-state index contributed by atoms with van der Waals surface area (Å²) in [5.74, 6) is 2.55. The SMILES string of the molecule is COc1ccc(OCCC(=O)N[C@H](CN2CCCC2C)[C@@H](O)c2ccc3c(c2)OCCO3)cc1. The second-order valence-electron chi connectivity index (χ2n) is 8.78. The fourth-order valence-corrected chi connectivity index (χ4v) is 4.43. The highest BCUT2D eigenvalue weighted by Gasteiger charge is 2.30. The Balaban J connectivity index is 1.38. The fourth-order valence-electron chi connectivity index (χ4n) is 4.43. The first-order valence-corrected chi connectivity index (χ1v) is 11.9.